The van der Waals surface area contributed by atoms with Gasteiger partial charge in [-0.05, 0) is 44.4 Å². The summed E-state index contributed by atoms with van der Waals surface area (Å²) in [7, 11) is 0. The number of aliphatic imine (C=N–C) groups is 1. The van der Waals surface area contributed by atoms with Gasteiger partial charge in [0.2, 0.25) is 0 Å². The highest BCUT2D eigenvalue weighted by Gasteiger charge is 2.12. The molecule has 1 saturated heterocycles. The van der Waals surface area contributed by atoms with Gasteiger partial charge in [0.15, 0.2) is 5.96 Å². The zero-order chi connectivity index (χ0) is 21.2. The summed E-state index contributed by atoms with van der Waals surface area (Å²) in [5.41, 5.74) is 4.92. The highest BCUT2D eigenvalue weighted by molar-refractivity contribution is 14.0. The third-order valence-corrected chi connectivity index (χ3v) is 5.31. The summed E-state index contributed by atoms with van der Waals surface area (Å²) < 4.78 is 7.54. The number of rotatable bonds is 9. The smallest absolute Gasteiger partial charge is 0.191 e. The molecule has 2 heterocycles. The Morgan fingerprint density at radius 3 is 2.55 bits per heavy atom. The molecule has 1 aromatic carbocycles. The van der Waals surface area contributed by atoms with Crippen LogP contribution in [0.1, 0.15) is 35.9 Å². The van der Waals surface area contributed by atoms with E-state index in [1.54, 1.807) is 0 Å². The number of morpholine rings is 1. The standard InChI is InChI=1S/C23H36N6O.HI/c1-4-24-23(25-10-7-11-29-20(3)16-19(2)27-29)26-17-21-8-5-6-9-22(21)18-28-12-14-30-15-13-28;/h5-6,8-9,16H,4,7,10-15,17-18H2,1-3H3,(H2,24,25,26);1H. The lowest BCUT2D eigenvalue weighted by atomic mass is 10.1. The molecular weight excluding hydrogens is 503 g/mol. The molecule has 2 N–H and O–H groups in total. The number of benzene rings is 1. The first-order valence-electron chi connectivity index (χ1n) is 11.1. The summed E-state index contributed by atoms with van der Waals surface area (Å²) in [4.78, 5) is 7.29. The predicted octanol–water partition coefficient (Wildman–Crippen LogP) is 3.10. The lowest BCUT2D eigenvalue weighted by Crippen LogP contribution is -2.38. The molecule has 31 heavy (non-hydrogen) atoms. The van der Waals surface area contributed by atoms with Gasteiger partial charge in [0, 0.05) is 45.0 Å². The van der Waals surface area contributed by atoms with Crippen LogP contribution in [0.25, 0.3) is 0 Å². The number of aryl methyl sites for hydroxylation is 3. The fourth-order valence-electron chi connectivity index (χ4n) is 3.71. The zero-order valence-electron chi connectivity index (χ0n) is 19.1. The molecule has 1 fully saturated rings. The Morgan fingerprint density at radius 1 is 1.13 bits per heavy atom. The number of halogens is 1. The molecule has 0 spiro atoms. The molecule has 0 aliphatic carbocycles. The van der Waals surface area contributed by atoms with Crippen molar-refractivity contribution in [1.82, 2.24) is 25.3 Å². The van der Waals surface area contributed by atoms with E-state index in [0.717, 1.165) is 70.6 Å². The second-order valence-electron chi connectivity index (χ2n) is 7.78. The molecule has 1 aliphatic rings. The van der Waals surface area contributed by atoms with Gasteiger partial charge >= 0.3 is 0 Å². The molecule has 2 aromatic rings. The molecule has 8 heteroatoms. The van der Waals surface area contributed by atoms with Crippen molar-refractivity contribution in [2.24, 2.45) is 4.99 Å². The van der Waals surface area contributed by atoms with Crippen LogP contribution in [0, 0.1) is 13.8 Å². The first kappa shape index (κ1) is 25.6. The molecule has 172 valence electrons. The summed E-state index contributed by atoms with van der Waals surface area (Å²) in [6.45, 7) is 14.1. The van der Waals surface area contributed by atoms with Gasteiger partial charge in [0.1, 0.15) is 0 Å². The quantitative estimate of drug-likeness (QED) is 0.222. The van der Waals surface area contributed by atoms with Crippen molar-refractivity contribution in [3.8, 4) is 0 Å². The SMILES string of the molecule is CCNC(=NCc1ccccc1CN1CCOCC1)NCCCn1nc(C)cc1C.I. The molecule has 1 aromatic heterocycles. The van der Waals surface area contributed by atoms with Gasteiger partial charge in [-0.1, -0.05) is 24.3 Å². The fraction of sp³-hybridized carbons (Fsp3) is 0.565. The highest BCUT2D eigenvalue weighted by atomic mass is 127. The van der Waals surface area contributed by atoms with Crippen molar-refractivity contribution in [2.45, 2.75) is 46.8 Å². The van der Waals surface area contributed by atoms with Crippen LogP contribution < -0.4 is 10.6 Å². The van der Waals surface area contributed by atoms with Crippen LogP contribution in [-0.2, 0) is 24.4 Å². The van der Waals surface area contributed by atoms with Crippen LogP contribution in [0.15, 0.2) is 35.3 Å². The Hall–Kier alpha value is -1.65. The minimum absolute atomic E-state index is 0. The van der Waals surface area contributed by atoms with E-state index in [4.69, 9.17) is 9.73 Å². The zero-order valence-corrected chi connectivity index (χ0v) is 21.4. The number of nitrogens with zero attached hydrogens (tertiary/aromatic N) is 4. The average Bonchev–Trinajstić information content (AvgIpc) is 3.08. The number of nitrogens with one attached hydrogen (secondary N) is 2. The van der Waals surface area contributed by atoms with Gasteiger partial charge in [-0.3, -0.25) is 9.58 Å². The van der Waals surface area contributed by atoms with Crippen LogP contribution in [-0.4, -0.2) is 60.0 Å². The van der Waals surface area contributed by atoms with Gasteiger partial charge in [0.25, 0.3) is 0 Å². The van der Waals surface area contributed by atoms with Crippen LogP contribution in [0.5, 0.6) is 0 Å². The molecular formula is C23H37IN6O. The van der Waals surface area contributed by atoms with Crippen LogP contribution in [0.3, 0.4) is 0 Å². The van der Waals surface area contributed by atoms with Crippen LogP contribution >= 0.6 is 24.0 Å². The number of guanidine groups is 1. The number of aromatic nitrogens is 2. The summed E-state index contributed by atoms with van der Waals surface area (Å²) in [5, 5.41) is 11.3. The third-order valence-electron chi connectivity index (χ3n) is 5.31. The third kappa shape index (κ3) is 8.42. The van der Waals surface area contributed by atoms with Crippen LogP contribution in [0.4, 0.5) is 0 Å². The van der Waals surface area contributed by atoms with E-state index in [1.807, 2.05) is 6.92 Å². The van der Waals surface area contributed by atoms with E-state index >= 15 is 0 Å². The molecule has 1 aliphatic heterocycles. The van der Waals surface area contributed by atoms with Gasteiger partial charge in [-0.2, -0.15) is 5.10 Å². The molecule has 0 radical (unpaired) electrons. The van der Waals surface area contributed by atoms with Gasteiger partial charge in [0.05, 0.1) is 25.5 Å². The molecule has 0 amide bonds. The van der Waals surface area contributed by atoms with Gasteiger partial charge in [-0.15, -0.1) is 24.0 Å². The van der Waals surface area contributed by atoms with Gasteiger partial charge < -0.3 is 15.4 Å². The normalized spacial score (nSPS) is 14.9. The summed E-state index contributed by atoms with van der Waals surface area (Å²) >= 11 is 0. The van der Waals surface area contributed by atoms with E-state index in [9.17, 15) is 0 Å². The second kappa shape index (κ2) is 13.7. The maximum Gasteiger partial charge on any atom is 0.191 e. The molecule has 7 nitrogen and oxygen atoms in total. The number of hydrogen-bond acceptors (Lipinski definition) is 4. The van der Waals surface area contributed by atoms with E-state index < -0.39 is 0 Å². The summed E-state index contributed by atoms with van der Waals surface area (Å²) in [5.74, 6) is 0.868. The molecule has 0 bridgehead atoms. The molecule has 0 unspecified atom stereocenters. The lowest BCUT2D eigenvalue weighted by molar-refractivity contribution is 0.0341. The van der Waals surface area contributed by atoms with Crippen molar-refractivity contribution < 1.29 is 4.74 Å². The van der Waals surface area contributed by atoms with E-state index in [-0.39, 0.29) is 24.0 Å². The van der Waals surface area contributed by atoms with Crippen molar-refractivity contribution in [3.63, 3.8) is 0 Å². The van der Waals surface area contributed by atoms with Gasteiger partial charge in [-0.25, -0.2) is 4.99 Å². The second-order valence-corrected chi connectivity index (χ2v) is 7.78. The number of hydrogen-bond donors (Lipinski definition) is 2. The largest absolute Gasteiger partial charge is 0.379 e. The minimum atomic E-state index is 0. The van der Waals surface area contributed by atoms with Crippen molar-refractivity contribution in [2.75, 3.05) is 39.4 Å². The lowest BCUT2D eigenvalue weighted by Gasteiger charge is -2.27. The van der Waals surface area contributed by atoms with E-state index in [0.29, 0.717) is 6.54 Å². The summed E-state index contributed by atoms with van der Waals surface area (Å²) in [6.07, 6.45) is 1.000. The highest BCUT2D eigenvalue weighted by Crippen LogP contribution is 2.14. The first-order chi connectivity index (χ1) is 14.7. The predicted molar refractivity (Wildman–Crippen MR) is 137 cm³/mol. The topological polar surface area (TPSA) is 66.7 Å². The fourth-order valence-corrected chi connectivity index (χ4v) is 3.71. The first-order valence-corrected chi connectivity index (χ1v) is 11.1. The Morgan fingerprint density at radius 2 is 1.87 bits per heavy atom. The molecule has 0 saturated carbocycles. The van der Waals surface area contributed by atoms with Crippen LogP contribution in [0.2, 0.25) is 0 Å². The Kier molecular flexibility index (Phi) is 11.3. The summed E-state index contributed by atoms with van der Waals surface area (Å²) in [6, 6.07) is 10.7. The monoisotopic (exact) mass is 540 g/mol. The van der Waals surface area contributed by atoms with Crippen molar-refractivity contribution in [1.29, 1.82) is 0 Å². The minimum Gasteiger partial charge on any atom is -0.379 e. The Balaban J connectivity index is 0.00000341. The number of ether oxygens (including phenoxy) is 1. The molecule has 0 atom stereocenters. The maximum absolute atomic E-state index is 5.47. The average molecular weight is 540 g/mol. The maximum atomic E-state index is 5.47. The molecule has 3 rings (SSSR count). The van der Waals surface area contributed by atoms with E-state index in [2.05, 4.69) is 69.5 Å². The van der Waals surface area contributed by atoms with Crippen molar-refractivity contribution in [3.05, 3.63) is 52.8 Å². The Labute approximate surface area is 203 Å². The van der Waals surface area contributed by atoms with E-state index in [1.165, 1.54) is 16.8 Å². The Bertz CT molecular complexity index is 816. The van der Waals surface area contributed by atoms with Crippen molar-refractivity contribution >= 4 is 29.9 Å².